The fourth-order valence-corrected chi connectivity index (χ4v) is 2.90. The molecule has 0 aliphatic carbocycles. The SMILES string of the molecule is O=C(Oc1ccc(/C=N\N=C(c2ccccc2)c2ccccc2)cc1)c1cccnc1. The molecule has 0 spiro atoms. The highest BCUT2D eigenvalue weighted by molar-refractivity contribution is 6.12. The summed E-state index contributed by atoms with van der Waals surface area (Å²) in [5, 5.41) is 8.74. The van der Waals surface area contributed by atoms with Crippen molar-refractivity contribution in [2.75, 3.05) is 0 Å². The van der Waals surface area contributed by atoms with Crippen molar-refractivity contribution in [3.8, 4) is 5.75 Å². The minimum absolute atomic E-state index is 0.400. The highest BCUT2D eigenvalue weighted by Crippen LogP contribution is 2.14. The highest BCUT2D eigenvalue weighted by Gasteiger charge is 2.08. The first-order chi connectivity index (χ1) is 15.3. The summed E-state index contributed by atoms with van der Waals surface area (Å²) in [5.41, 5.74) is 4.01. The van der Waals surface area contributed by atoms with Gasteiger partial charge in [-0.1, -0.05) is 60.7 Å². The molecule has 4 aromatic rings. The molecule has 0 aliphatic rings. The van der Waals surface area contributed by atoms with Crippen LogP contribution in [0.15, 0.2) is 120 Å². The second-order valence-corrected chi connectivity index (χ2v) is 6.63. The molecule has 0 aliphatic heterocycles. The second-order valence-electron chi connectivity index (χ2n) is 6.63. The first-order valence-electron chi connectivity index (χ1n) is 9.74. The minimum atomic E-state index is -0.450. The molecule has 31 heavy (non-hydrogen) atoms. The van der Waals surface area contributed by atoms with Gasteiger partial charge in [0.25, 0.3) is 0 Å². The first kappa shape index (κ1) is 19.9. The van der Waals surface area contributed by atoms with Gasteiger partial charge in [-0.2, -0.15) is 5.10 Å². The Hall–Kier alpha value is -4.38. The van der Waals surface area contributed by atoms with Crippen molar-refractivity contribution in [2.45, 2.75) is 0 Å². The Morgan fingerprint density at radius 3 is 1.94 bits per heavy atom. The van der Waals surface area contributed by atoms with Crippen molar-refractivity contribution in [1.29, 1.82) is 0 Å². The molecule has 150 valence electrons. The summed E-state index contributed by atoms with van der Waals surface area (Å²) in [5.74, 6) is -0.00162. The lowest BCUT2D eigenvalue weighted by molar-refractivity contribution is 0.0734. The van der Waals surface area contributed by atoms with E-state index in [0.717, 1.165) is 22.4 Å². The number of nitrogens with zero attached hydrogens (tertiary/aromatic N) is 3. The number of ether oxygens (including phenoxy) is 1. The molecule has 3 aromatic carbocycles. The molecule has 1 heterocycles. The molecule has 0 N–H and O–H groups in total. The maximum atomic E-state index is 12.1. The summed E-state index contributed by atoms with van der Waals surface area (Å²) in [6, 6.07) is 30.3. The van der Waals surface area contributed by atoms with Gasteiger partial charge in [-0.3, -0.25) is 4.98 Å². The lowest BCUT2D eigenvalue weighted by atomic mass is 10.0. The van der Waals surface area contributed by atoms with Crippen LogP contribution in [0.4, 0.5) is 0 Å². The number of esters is 1. The topological polar surface area (TPSA) is 63.9 Å². The maximum absolute atomic E-state index is 12.1. The molecule has 0 amide bonds. The molecule has 0 bridgehead atoms. The van der Waals surface area contributed by atoms with E-state index in [2.05, 4.69) is 15.2 Å². The Kier molecular flexibility index (Phi) is 6.36. The van der Waals surface area contributed by atoms with Crippen LogP contribution in [0, 0.1) is 0 Å². The standard InChI is InChI=1S/C26H19N3O2/c30-26(23-12-7-17-27-19-23)31-24-15-13-20(14-16-24)18-28-29-25(21-8-3-1-4-9-21)22-10-5-2-6-11-22/h1-19H/b28-18-. The number of hydrogen-bond acceptors (Lipinski definition) is 5. The molecular formula is C26H19N3O2. The normalized spacial score (nSPS) is 10.6. The summed E-state index contributed by atoms with van der Waals surface area (Å²) in [6.45, 7) is 0. The molecular weight excluding hydrogens is 386 g/mol. The number of hydrogen-bond donors (Lipinski definition) is 0. The molecule has 5 heteroatoms. The molecule has 5 nitrogen and oxygen atoms in total. The van der Waals surface area contributed by atoms with Crippen molar-refractivity contribution >= 4 is 17.9 Å². The zero-order valence-electron chi connectivity index (χ0n) is 16.6. The Morgan fingerprint density at radius 1 is 0.742 bits per heavy atom. The lowest BCUT2D eigenvalue weighted by Gasteiger charge is -2.05. The number of carbonyl (C=O) groups is 1. The van der Waals surface area contributed by atoms with Crippen molar-refractivity contribution in [2.24, 2.45) is 10.2 Å². The lowest BCUT2D eigenvalue weighted by Crippen LogP contribution is -2.08. The van der Waals surface area contributed by atoms with Gasteiger partial charge in [-0.15, -0.1) is 5.10 Å². The van der Waals surface area contributed by atoms with Gasteiger partial charge in [0, 0.05) is 23.5 Å². The van der Waals surface area contributed by atoms with Gasteiger partial charge in [-0.05, 0) is 42.0 Å². The van der Waals surface area contributed by atoms with E-state index in [1.807, 2.05) is 72.8 Å². The van der Waals surface area contributed by atoms with E-state index in [1.54, 1.807) is 36.7 Å². The molecule has 0 atom stereocenters. The van der Waals surface area contributed by atoms with Gasteiger partial charge in [-0.25, -0.2) is 4.79 Å². The number of pyridine rings is 1. The quantitative estimate of drug-likeness (QED) is 0.192. The van der Waals surface area contributed by atoms with Gasteiger partial charge >= 0.3 is 5.97 Å². The smallest absolute Gasteiger partial charge is 0.345 e. The predicted molar refractivity (Wildman–Crippen MR) is 122 cm³/mol. The summed E-state index contributed by atoms with van der Waals surface area (Å²) in [4.78, 5) is 16.0. The zero-order chi connectivity index (χ0) is 21.3. The van der Waals surface area contributed by atoms with Crippen molar-refractivity contribution < 1.29 is 9.53 Å². The van der Waals surface area contributed by atoms with Crippen LogP contribution in [0.1, 0.15) is 27.0 Å². The van der Waals surface area contributed by atoms with Crippen LogP contribution in [0.2, 0.25) is 0 Å². The van der Waals surface area contributed by atoms with Crippen LogP contribution >= 0.6 is 0 Å². The third-order valence-electron chi connectivity index (χ3n) is 4.45. The van der Waals surface area contributed by atoms with Gasteiger partial charge < -0.3 is 4.74 Å². The molecule has 0 unspecified atom stereocenters. The van der Waals surface area contributed by atoms with E-state index in [9.17, 15) is 4.79 Å². The maximum Gasteiger partial charge on any atom is 0.345 e. The van der Waals surface area contributed by atoms with Crippen LogP contribution < -0.4 is 4.74 Å². The number of carbonyl (C=O) groups excluding carboxylic acids is 1. The van der Waals surface area contributed by atoms with E-state index in [1.165, 1.54) is 6.20 Å². The van der Waals surface area contributed by atoms with Crippen LogP contribution in [0.5, 0.6) is 5.75 Å². The van der Waals surface area contributed by atoms with Gasteiger partial charge in [0.15, 0.2) is 0 Å². The Morgan fingerprint density at radius 2 is 1.35 bits per heavy atom. The molecule has 0 saturated heterocycles. The summed E-state index contributed by atoms with van der Waals surface area (Å²) < 4.78 is 5.36. The van der Waals surface area contributed by atoms with Gasteiger partial charge in [0.2, 0.25) is 0 Å². The van der Waals surface area contributed by atoms with Crippen molar-refractivity contribution in [3.63, 3.8) is 0 Å². The van der Waals surface area contributed by atoms with E-state index in [4.69, 9.17) is 4.74 Å². The van der Waals surface area contributed by atoms with E-state index in [-0.39, 0.29) is 0 Å². The fourth-order valence-electron chi connectivity index (χ4n) is 2.90. The van der Waals surface area contributed by atoms with Gasteiger partial charge in [0.05, 0.1) is 11.8 Å². The number of aromatic nitrogens is 1. The third-order valence-corrected chi connectivity index (χ3v) is 4.45. The highest BCUT2D eigenvalue weighted by atomic mass is 16.5. The van der Waals surface area contributed by atoms with Crippen LogP contribution in [0.3, 0.4) is 0 Å². The zero-order valence-corrected chi connectivity index (χ0v) is 16.6. The van der Waals surface area contributed by atoms with Crippen LogP contribution in [-0.2, 0) is 0 Å². The second kappa shape index (κ2) is 9.89. The number of rotatable bonds is 6. The number of benzene rings is 3. The fraction of sp³-hybridized carbons (Fsp3) is 0. The van der Waals surface area contributed by atoms with Crippen LogP contribution in [-0.4, -0.2) is 22.9 Å². The van der Waals surface area contributed by atoms with Crippen molar-refractivity contribution in [3.05, 3.63) is 132 Å². The monoisotopic (exact) mass is 405 g/mol. The summed E-state index contributed by atoms with van der Waals surface area (Å²) >= 11 is 0. The Bertz CT molecular complexity index is 1150. The minimum Gasteiger partial charge on any atom is -0.423 e. The Balaban J connectivity index is 1.49. The average Bonchev–Trinajstić information content (AvgIpc) is 2.84. The third kappa shape index (κ3) is 5.36. The summed E-state index contributed by atoms with van der Waals surface area (Å²) in [6.07, 6.45) is 4.74. The predicted octanol–water partition coefficient (Wildman–Crippen LogP) is 5.17. The molecule has 4 rings (SSSR count). The Labute approximate surface area is 180 Å². The largest absolute Gasteiger partial charge is 0.423 e. The molecule has 0 radical (unpaired) electrons. The van der Waals surface area contributed by atoms with E-state index < -0.39 is 5.97 Å². The average molecular weight is 405 g/mol. The van der Waals surface area contributed by atoms with Gasteiger partial charge in [0.1, 0.15) is 11.5 Å². The van der Waals surface area contributed by atoms with Crippen LogP contribution in [0.25, 0.3) is 0 Å². The van der Waals surface area contributed by atoms with Crippen molar-refractivity contribution in [1.82, 2.24) is 4.98 Å². The van der Waals surface area contributed by atoms with E-state index in [0.29, 0.717) is 11.3 Å². The molecule has 1 aromatic heterocycles. The molecule has 0 fully saturated rings. The van der Waals surface area contributed by atoms with E-state index >= 15 is 0 Å². The summed E-state index contributed by atoms with van der Waals surface area (Å²) in [7, 11) is 0. The first-order valence-corrected chi connectivity index (χ1v) is 9.74. The molecule has 0 saturated carbocycles.